The minimum atomic E-state index is -0.578. The number of rotatable bonds is 6. The maximum atomic E-state index is 13.5. The Balaban J connectivity index is 1.43. The number of ketones is 1. The largest absolute Gasteiger partial charge is 0.444 e. The fourth-order valence-electron chi connectivity index (χ4n) is 4.70. The van der Waals surface area contributed by atoms with Gasteiger partial charge in [0.25, 0.3) is 0 Å². The van der Waals surface area contributed by atoms with Crippen LogP contribution in [0.25, 0.3) is 0 Å². The lowest BCUT2D eigenvalue weighted by Crippen LogP contribution is -2.32. The van der Waals surface area contributed by atoms with E-state index >= 15 is 0 Å². The molecule has 7 heteroatoms. The molecule has 1 N–H and O–H groups in total. The first-order chi connectivity index (χ1) is 16.1. The van der Waals surface area contributed by atoms with Gasteiger partial charge in [0.1, 0.15) is 17.1 Å². The minimum Gasteiger partial charge on any atom is -0.444 e. The number of Topliss-reactive ketones (excluding diaryl/α,β-unsaturated/α-hetero) is 1. The van der Waals surface area contributed by atoms with Gasteiger partial charge >= 0.3 is 6.09 Å². The molecule has 1 aromatic heterocycles. The molecule has 1 amide bonds. The number of carbonyl (C=O) groups excluding carboxylic acids is 2. The van der Waals surface area contributed by atoms with Gasteiger partial charge in [-0.2, -0.15) is 0 Å². The summed E-state index contributed by atoms with van der Waals surface area (Å²) in [5.74, 6) is 0.294. The van der Waals surface area contributed by atoms with Crippen molar-refractivity contribution in [2.45, 2.75) is 83.3 Å². The van der Waals surface area contributed by atoms with Crippen LogP contribution in [0.4, 0.5) is 9.18 Å². The summed E-state index contributed by atoms with van der Waals surface area (Å²) in [5, 5.41) is 3.18. The molecule has 0 spiro atoms. The van der Waals surface area contributed by atoms with Crippen molar-refractivity contribution in [3.8, 4) is 0 Å². The number of aromatic nitrogens is 1. The zero-order valence-electron chi connectivity index (χ0n) is 20.0. The number of benzene rings is 1. The van der Waals surface area contributed by atoms with Crippen molar-refractivity contribution in [1.82, 2.24) is 10.3 Å². The second-order valence-corrected chi connectivity index (χ2v) is 10.9. The van der Waals surface area contributed by atoms with E-state index in [-0.39, 0.29) is 30.0 Å². The Kier molecular flexibility index (Phi) is 7.27. The van der Waals surface area contributed by atoms with Crippen molar-refractivity contribution in [3.63, 3.8) is 0 Å². The van der Waals surface area contributed by atoms with Crippen molar-refractivity contribution in [1.29, 1.82) is 0 Å². The molecule has 2 aromatic rings. The average Bonchev–Trinajstić information content (AvgIpc) is 3.61. The van der Waals surface area contributed by atoms with Gasteiger partial charge < -0.3 is 10.1 Å². The lowest BCUT2D eigenvalue weighted by Gasteiger charge is -2.29. The van der Waals surface area contributed by atoms with Crippen LogP contribution in [0, 0.1) is 11.7 Å². The number of nitrogens with zero attached hydrogens (tertiary/aromatic N) is 1. The van der Waals surface area contributed by atoms with Crippen LogP contribution >= 0.6 is 11.6 Å². The topological polar surface area (TPSA) is 68.3 Å². The lowest BCUT2D eigenvalue weighted by molar-refractivity contribution is 0.0523. The number of nitrogens with one attached hydrogen (secondary N) is 1. The Morgan fingerprint density at radius 1 is 1.03 bits per heavy atom. The van der Waals surface area contributed by atoms with Crippen molar-refractivity contribution < 1.29 is 18.7 Å². The van der Waals surface area contributed by atoms with Gasteiger partial charge in [0.05, 0.1) is 12.2 Å². The van der Waals surface area contributed by atoms with Crippen molar-refractivity contribution in [2.75, 3.05) is 0 Å². The molecule has 0 saturated heterocycles. The van der Waals surface area contributed by atoms with Crippen LogP contribution in [-0.4, -0.2) is 22.5 Å². The smallest absolute Gasteiger partial charge is 0.407 e. The minimum absolute atomic E-state index is 0.0877. The Morgan fingerprint density at radius 3 is 2.26 bits per heavy atom. The number of hydrogen-bond donors (Lipinski definition) is 1. The molecule has 1 heterocycles. The lowest BCUT2D eigenvalue weighted by atomic mass is 9.76. The molecule has 2 aliphatic carbocycles. The number of amides is 1. The summed E-state index contributed by atoms with van der Waals surface area (Å²) in [6.07, 6.45) is 4.82. The summed E-state index contributed by atoms with van der Waals surface area (Å²) in [7, 11) is 0. The zero-order chi connectivity index (χ0) is 24.5. The number of halogens is 2. The summed E-state index contributed by atoms with van der Waals surface area (Å²) in [6.45, 7) is 5.64. The van der Waals surface area contributed by atoms with Crippen LogP contribution in [0.2, 0.25) is 5.02 Å². The molecule has 182 valence electrons. The molecule has 0 unspecified atom stereocenters. The van der Waals surface area contributed by atoms with Gasteiger partial charge in [-0.05, 0) is 100 Å². The summed E-state index contributed by atoms with van der Waals surface area (Å²) < 4.78 is 18.7. The number of carbonyl (C=O) groups is 2. The molecule has 1 aromatic carbocycles. The monoisotopic (exact) mass is 486 g/mol. The van der Waals surface area contributed by atoms with E-state index in [4.69, 9.17) is 21.3 Å². The van der Waals surface area contributed by atoms with Gasteiger partial charge in [-0.15, -0.1) is 0 Å². The fourth-order valence-corrected chi connectivity index (χ4v) is 5.02. The van der Waals surface area contributed by atoms with Crippen molar-refractivity contribution >= 4 is 23.5 Å². The van der Waals surface area contributed by atoms with Crippen LogP contribution in [-0.2, 0) is 11.3 Å². The summed E-state index contributed by atoms with van der Waals surface area (Å²) in [4.78, 5) is 30.2. The van der Waals surface area contributed by atoms with Crippen LogP contribution < -0.4 is 5.32 Å². The molecule has 5 nitrogen and oxygen atoms in total. The molecule has 0 atom stereocenters. The second-order valence-electron chi connectivity index (χ2n) is 10.4. The number of alkyl carbamates (subject to hydrolysis) is 1. The molecule has 0 aliphatic heterocycles. The third-order valence-electron chi connectivity index (χ3n) is 6.55. The van der Waals surface area contributed by atoms with E-state index in [0.29, 0.717) is 22.3 Å². The van der Waals surface area contributed by atoms with Gasteiger partial charge in [-0.1, -0.05) is 23.7 Å². The predicted octanol–water partition coefficient (Wildman–Crippen LogP) is 6.93. The zero-order valence-corrected chi connectivity index (χ0v) is 20.8. The van der Waals surface area contributed by atoms with E-state index in [9.17, 15) is 14.0 Å². The molecular formula is C27H32ClFN2O3. The van der Waals surface area contributed by atoms with E-state index in [1.165, 1.54) is 12.1 Å². The highest BCUT2D eigenvalue weighted by Gasteiger charge is 2.34. The Morgan fingerprint density at radius 2 is 1.65 bits per heavy atom. The molecule has 0 bridgehead atoms. The van der Waals surface area contributed by atoms with E-state index in [1.807, 2.05) is 32.9 Å². The summed E-state index contributed by atoms with van der Waals surface area (Å²) in [5.41, 5.74) is 2.60. The first-order valence-corrected chi connectivity index (χ1v) is 12.4. The van der Waals surface area contributed by atoms with Crippen LogP contribution in [0.15, 0.2) is 30.3 Å². The molecule has 2 saturated carbocycles. The summed E-state index contributed by atoms with van der Waals surface area (Å²) >= 11 is 6.27. The van der Waals surface area contributed by atoms with Crippen molar-refractivity contribution in [3.05, 3.63) is 63.7 Å². The highest BCUT2D eigenvalue weighted by Crippen LogP contribution is 2.44. The fraction of sp³-hybridized carbons (Fsp3) is 0.519. The second kappa shape index (κ2) is 10.0. The third-order valence-corrected chi connectivity index (χ3v) is 6.88. The molecule has 4 rings (SSSR count). The highest BCUT2D eigenvalue weighted by atomic mass is 35.5. The predicted molar refractivity (Wildman–Crippen MR) is 130 cm³/mol. The maximum Gasteiger partial charge on any atom is 0.407 e. The summed E-state index contributed by atoms with van der Waals surface area (Å²) in [6, 6.07) is 8.44. The first-order valence-electron chi connectivity index (χ1n) is 12.1. The van der Waals surface area contributed by atoms with Gasteiger partial charge in [-0.3, -0.25) is 4.79 Å². The Bertz CT molecular complexity index is 1070. The van der Waals surface area contributed by atoms with E-state index in [0.717, 1.165) is 49.7 Å². The standard InChI is InChI=1S/C27H32ClFN2O3/c1-27(2,3)34-26(33)30-15-20-11-13-22(17-4-5-17)24(31-20)25(32)18-8-6-16(7-9-18)21-12-10-19(29)14-23(21)28/h10-14,16-18H,4-9,15H2,1-3H3,(H,30,33). The number of hydrogen-bond acceptors (Lipinski definition) is 4. The van der Waals surface area contributed by atoms with E-state index in [1.54, 1.807) is 6.07 Å². The van der Waals surface area contributed by atoms with Crippen LogP contribution in [0.1, 0.15) is 98.4 Å². The quantitative estimate of drug-likeness (QED) is 0.449. The number of pyridine rings is 1. The molecule has 34 heavy (non-hydrogen) atoms. The Hall–Kier alpha value is -2.47. The normalized spacial score (nSPS) is 20.6. The highest BCUT2D eigenvalue weighted by molar-refractivity contribution is 6.31. The number of ether oxygens (including phenoxy) is 1. The van der Waals surface area contributed by atoms with Crippen molar-refractivity contribution in [2.24, 2.45) is 5.92 Å². The van der Waals surface area contributed by atoms with Crippen LogP contribution in [0.3, 0.4) is 0 Å². The van der Waals surface area contributed by atoms with Gasteiger partial charge in [0.2, 0.25) is 0 Å². The maximum absolute atomic E-state index is 13.5. The van der Waals surface area contributed by atoms with E-state index in [2.05, 4.69) is 5.32 Å². The molecular weight excluding hydrogens is 455 g/mol. The first kappa shape index (κ1) is 24.6. The average molecular weight is 487 g/mol. The molecule has 2 fully saturated rings. The molecule has 0 radical (unpaired) electrons. The van der Waals surface area contributed by atoms with E-state index < -0.39 is 11.7 Å². The molecule has 2 aliphatic rings. The van der Waals surface area contributed by atoms with Gasteiger partial charge in [0.15, 0.2) is 5.78 Å². The SMILES string of the molecule is CC(C)(C)OC(=O)NCc1ccc(C2CC2)c(C(=O)C2CCC(c3ccc(F)cc3Cl)CC2)n1. The Labute approximate surface area is 205 Å². The van der Waals surface area contributed by atoms with Gasteiger partial charge in [0, 0.05) is 10.9 Å². The van der Waals surface area contributed by atoms with Gasteiger partial charge in [-0.25, -0.2) is 14.2 Å². The third kappa shape index (κ3) is 6.15. The van der Waals surface area contributed by atoms with Crippen LogP contribution in [0.5, 0.6) is 0 Å².